The number of rotatable bonds is 6. The third-order valence-corrected chi connectivity index (χ3v) is 2.67. The number of carboxylic acids is 1. The largest absolute Gasteiger partial charge is 0.497 e. The van der Waals surface area contributed by atoms with Crippen LogP contribution in [0.5, 0.6) is 5.75 Å². The van der Waals surface area contributed by atoms with Crippen LogP contribution < -0.4 is 10.1 Å². The van der Waals surface area contributed by atoms with Gasteiger partial charge in [0.25, 0.3) is 0 Å². The molecule has 1 rings (SSSR count). The topological polar surface area (TPSA) is 84.9 Å². The number of benzene rings is 1. The van der Waals surface area contributed by atoms with E-state index < -0.39 is 24.0 Å². The Balaban J connectivity index is 2.95. The second kappa shape index (κ2) is 6.75. The minimum atomic E-state index is -1.04. The number of hydrogen-bond donors (Lipinski definition) is 2. The zero-order chi connectivity index (χ0) is 14.4. The van der Waals surface area contributed by atoms with E-state index >= 15 is 0 Å². The summed E-state index contributed by atoms with van der Waals surface area (Å²) in [6.07, 6.45) is 0. The third-order valence-electron chi connectivity index (χ3n) is 2.67. The van der Waals surface area contributed by atoms with Crippen molar-refractivity contribution < 1.29 is 24.2 Å². The number of carbonyl (C=O) groups is 2. The molecule has 0 saturated carbocycles. The molecule has 0 aliphatic rings. The summed E-state index contributed by atoms with van der Waals surface area (Å²) in [6.45, 7) is 1.46. The molecule has 19 heavy (non-hydrogen) atoms. The van der Waals surface area contributed by atoms with E-state index in [1.165, 1.54) is 21.1 Å². The lowest BCUT2D eigenvalue weighted by molar-refractivity contribution is -0.144. The lowest BCUT2D eigenvalue weighted by atomic mass is 10.1. The molecule has 0 aliphatic heterocycles. The second-order valence-electron chi connectivity index (χ2n) is 3.96. The number of methoxy groups -OCH3 is 2. The van der Waals surface area contributed by atoms with Crippen LogP contribution in [-0.2, 0) is 14.3 Å². The molecule has 2 atom stereocenters. The smallest absolute Gasteiger partial charge is 0.327 e. The first kappa shape index (κ1) is 15.0. The lowest BCUT2D eigenvalue weighted by Crippen LogP contribution is -2.40. The fourth-order valence-electron chi connectivity index (χ4n) is 1.54. The van der Waals surface area contributed by atoms with Gasteiger partial charge in [-0.1, -0.05) is 12.1 Å². The molecular formula is C13H17NO5. The minimum absolute atomic E-state index is 0.543. The van der Waals surface area contributed by atoms with Gasteiger partial charge in [-0.25, -0.2) is 4.79 Å². The molecule has 0 fully saturated rings. The van der Waals surface area contributed by atoms with Crippen molar-refractivity contribution in [2.24, 2.45) is 0 Å². The van der Waals surface area contributed by atoms with E-state index in [4.69, 9.17) is 9.84 Å². The molecule has 6 nitrogen and oxygen atoms in total. The van der Waals surface area contributed by atoms with E-state index in [1.54, 1.807) is 24.3 Å². The van der Waals surface area contributed by atoms with Crippen LogP contribution in [0.4, 0.5) is 0 Å². The summed E-state index contributed by atoms with van der Waals surface area (Å²) in [5, 5.41) is 11.6. The van der Waals surface area contributed by atoms with Crippen LogP contribution in [0.3, 0.4) is 0 Å². The molecule has 1 aromatic rings. The minimum Gasteiger partial charge on any atom is -0.497 e. The SMILES string of the molecule is COC(=O)C(NC(C)C(=O)O)c1ccc(OC)cc1. The van der Waals surface area contributed by atoms with Gasteiger partial charge in [0.1, 0.15) is 17.8 Å². The molecule has 0 bridgehead atoms. The van der Waals surface area contributed by atoms with E-state index in [2.05, 4.69) is 10.1 Å². The summed E-state index contributed by atoms with van der Waals surface area (Å²) in [5.74, 6) is -0.931. The Labute approximate surface area is 111 Å². The van der Waals surface area contributed by atoms with Gasteiger partial charge in [-0.3, -0.25) is 10.1 Å². The average molecular weight is 267 g/mol. The van der Waals surface area contributed by atoms with Crippen molar-refractivity contribution in [3.8, 4) is 5.75 Å². The van der Waals surface area contributed by atoms with Gasteiger partial charge in [0, 0.05) is 0 Å². The van der Waals surface area contributed by atoms with Crippen LogP contribution in [0.25, 0.3) is 0 Å². The molecule has 2 unspecified atom stereocenters. The maximum absolute atomic E-state index is 11.7. The predicted octanol–water partition coefficient (Wildman–Crippen LogP) is 0.972. The highest BCUT2D eigenvalue weighted by Crippen LogP contribution is 2.19. The van der Waals surface area contributed by atoms with Crippen LogP contribution in [-0.4, -0.2) is 37.3 Å². The molecule has 0 saturated heterocycles. The highest BCUT2D eigenvalue weighted by atomic mass is 16.5. The monoisotopic (exact) mass is 267 g/mol. The molecule has 104 valence electrons. The van der Waals surface area contributed by atoms with Gasteiger partial charge >= 0.3 is 11.9 Å². The Morgan fingerprint density at radius 3 is 2.21 bits per heavy atom. The molecule has 0 radical (unpaired) electrons. The van der Waals surface area contributed by atoms with Crippen LogP contribution >= 0.6 is 0 Å². The van der Waals surface area contributed by atoms with E-state index in [1.807, 2.05) is 0 Å². The number of hydrogen-bond acceptors (Lipinski definition) is 5. The Hall–Kier alpha value is -2.08. The predicted molar refractivity (Wildman–Crippen MR) is 68.0 cm³/mol. The van der Waals surface area contributed by atoms with Gasteiger partial charge in [0.15, 0.2) is 0 Å². The number of carboxylic acid groups (broad SMARTS) is 1. The van der Waals surface area contributed by atoms with Crippen molar-refractivity contribution >= 4 is 11.9 Å². The normalized spacial score (nSPS) is 13.4. The molecule has 0 amide bonds. The highest BCUT2D eigenvalue weighted by Gasteiger charge is 2.25. The first-order valence-electron chi connectivity index (χ1n) is 5.70. The number of aliphatic carboxylic acids is 1. The average Bonchev–Trinajstić information content (AvgIpc) is 2.43. The summed E-state index contributed by atoms with van der Waals surface area (Å²) < 4.78 is 9.70. The Morgan fingerprint density at radius 1 is 1.21 bits per heavy atom. The Bertz CT molecular complexity index is 443. The van der Waals surface area contributed by atoms with E-state index in [-0.39, 0.29) is 0 Å². The van der Waals surface area contributed by atoms with Gasteiger partial charge in [-0.15, -0.1) is 0 Å². The first-order valence-corrected chi connectivity index (χ1v) is 5.70. The highest BCUT2D eigenvalue weighted by molar-refractivity contribution is 5.79. The van der Waals surface area contributed by atoms with Crippen molar-refractivity contribution in [2.45, 2.75) is 19.0 Å². The molecule has 1 aromatic carbocycles. The summed E-state index contributed by atoms with van der Waals surface area (Å²) in [5.41, 5.74) is 0.612. The Kier molecular flexibility index (Phi) is 5.32. The summed E-state index contributed by atoms with van der Waals surface area (Å²) in [6, 6.07) is 5.05. The standard InChI is InChI=1S/C13H17NO5/c1-8(12(15)16)14-11(13(17)19-3)9-4-6-10(18-2)7-5-9/h4-8,11,14H,1-3H3,(H,15,16). The maximum atomic E-state index is 11.7. The number of nitrogens with one attached hydrogen (secondary N) is 1. The fourth-order valence-corrected chi connectivity index (χ4v) is 1.54. The summed E-state index contributed by atoms with van der Waals surface area (Å²) >= 11 is 0. The number of ether oxygens (including phenoxy) is 2. The third kappa shape index (κ3) is 3.96. The number of esters is 1. The molecule has 0 aromatic heterocycles. The summed E-state index contributed by atoms with van der Waals surface area (Å²) in [7, 11) is 2.80. The van der Waals surface area contributed by atoms with Crippen molar-refractivity contribution in [3.05, 3.63) is 29.8 Å². The molecule has 6 heteroatoms. The van der Waals surface area contributed by atoms with Gasteiger partial charge in [-0.05, 0) is 24.6 Å². The fraction of sp³-hybridized carbons (Fsp3) is 0.385. The van der Waals surface area contributed by atoms with Crippen LogP contribution in [0.2, 0.25) is 0 Å². The molecule has 0 heterocycles. The first-order chi connectivity index (χ1) is 8.99. The lowest BCUT2D eigenvalue weighted by Gasteiger charge is -2.19. The zero-order valence-corrected chi connectivity index (χ0v) is 11.0. The zero-order valence-electron chi connectivity index (χ0n) is 11.0. The van der Waals surface area contributed by atoms with Gasteiger partial charge in [-0.2, -0.15) is 0 Å². The van der Waals surface area contributed by atoms with E-state index in [0.717, 1.165) is 0 Å². The van der Waals surface area contributed by atoms with Crippen LogP contribution in [0.1, 0.15) is 18.5 Å². The van der Waals surface area contributed by atoms with E-state index in [9.17, 15) is 9.59 Å². The molecule has 0 spiro atoms. The van der Waals surface area contributed by atoms with Crippen LogP contribution in [0.15, 0.2) is 24.3 Å². The maximum Gasteiger partial charge on any atom is 0.327 e. The second-order valence-corrected chi connectivity index (χ2v) is 3.96. The van der Waals surface area contributed by atoms with Crippen molar-refractivity contribution in [2.75, 3.05) is 14.2 Å². The van der Waals surface area contributed by atoms with Crippen molar-refractivity contribution in [1.29, 1.82) is 0 Å². The van der Waals surface area contributed by atoms with Gasteiger partial charge in [0.2, 0.25) is 0 Å². The van der Waals surface area contributed by atoms with Gasteiger partial charge < -0.3 is 14.6 Å². The Morgan fingerprint density at radius 2 is 1.79 bits per heavy atom. The van der Waals surface area contributed by atoms with Crippen LogP contribution in [0, 0.1) is 0 Å². The molecule has 0 aliphatic carbocycles. The summed E-state index contributed by atoms with van der Waals surface area (Å²) in [4.78, 5) is 22.6. The molecule has 2 N–H and O–H groups in total. The molecular weight excluding hydrogens is 250 g/mol. The number of carbonyl (C=O) groups excluding carboxylic acids is 1. The van der Waals surface area contributed by atoms with Crippen molar-refractivity contribution in [3.63, 3.8) is 0 Å². The van der Waals surface area contributed by atoms with Gasteiger partial charge in [0.05, 0.1) is 14.2 Å². The van der Waals surface area contributed by atoms with E-state index in [0.29, 0.717) is 11.3 Å². The van der Waals surface area contributed by atoms with Crippen molar-refractivity contribution in [1.82, 2.24) is 5.32 Å². The quantitative estimate of drug-likeness (QED) is 0.747.